The molecule has 1 aliphatic rings. The first-order valence-corrected chi connectivity index (χ1v) is 10.5. The molecule has 2 aromatic heterocycles. The molecule has 4 rings (SSSR count). The fraction of sp³-hybridized carbons (Fsp3) is 0.429. The molecule has 1 fully saturated rings. The Bertz CT molecular complexity index is 921. The minimum Gasteiger partial charge on any atom is -0.392 e. The van der Waals surface area contributed by atoms with Crippen LogP contribution in [0, 0.1) is 0 Å². The van der Waals surface area contributed by atoms with Gasteiger partial charge in [-0.05, 0) is 12.5 Å². The number of hydrogen-bond donors (Lipinski definition) is 1. The van der Waals surface area contributed by atoms with Gasteiger partial charge in [-0.15, -0.1) is 11.3 Å². The first-order chi connectivity index (χ1) is 13.7. The predicted molar refractivity (Wildman–Crippen MR) is 114 cm³/mol. The minimum absolute atomic E-state index is 0.299. The van der Waals surface area contributed by atoms with Crippen LogP contribution in [0.4, 0.5) is 5.82 Å². The van der Waals surface area contributed by atoms with Crippen molar-refractivity contribution in [3.8, 4) is 11.1 Å². The Hall–Kier alpha value is -2.06. The maximum absolute atomic E-state index is 9.67. The van der Waals surface area contributed by atoms with Crippen LogP contribution in [0.3, 0.4) is 0 Å². The molecule has 7 heteroatoms. The average molecular weight is 399 g/mol. The molecule has 3 aromatic rings. The molecule has 1 aromatic carbocycles. The monoisotopic (exact) mass is 398 g/mol. The van der Waals surface area contributed by atoms with E-state index in [0.717, 1.165) is 54.6 Å². The van der Waals surface area contributed by atoms with E-state index in [2.05, 4.69) is 39.4 Å². The molecule has 3 heterocycles. The minimum atomic E-state index is -0.299. The Morgan fingerprint density at radius 1 is 1.14 bits per heavy atom. The first kappa shape index (κ1) is 19.3. The van der Waals surface area contributed by atoms with Crippen LogP contribution >= 0.6 is 11.3 Å². The van der Waals surface area contributed by atoms with Crippen LogP contribution in [0.5, 0.6) is 0 Å². The summed E-state index contributed by atoms with van der Waals surface area (Å²) < 4.78 is 5.30. The smallest absolute Gasteiger partial charge is 0.158 e. The van der Waals surface area contributed by atoms with E-state index < -0.39 is 0 Å². The third-order valence-corrected chi connectivity index (χ3v) is 5.89. The summed E-state index contributed by atoms with van der Waals surface area (Å²) in [5, 5.41) is 13.0. The van der Waals surface area contributed by atoms with Crippen molar-refractivity contribution >= 4 is 27.4 Å². The Morgan fingerprint density at radius 3 is 2.57 bits per heavy atom. The number of aliphatic hydroxyl groups excluding tert-OH is 1. The third-order valence-electron chi connectivity index (χ3n) is 5.01. The second kappa shape index (κ2) is 8.53. The standard InChI is InChI=1S/C21H26N4O2S/c1-15(26)12-24-8-10-25(11-9-24)20-19-17(16-6-4-3-5-7-16)14-28-21(19)23-18(22-20)13-27-2/h3-7,14-15,26H,8-13H2,1-2H3/t15-/m1/s1. The number of benzene rings is 1. The van der Waals surface area contributed by atoms with Crippen molar-refractivity contribution < 1.29 is 9.84 Å². The number of aliphatic hydroxyl groups is 1. The molecule has 0 radical (unpaired) electrons. The van der Waals surface area contributed by atoms with Gasteiger partial charge in [0.25, 0.3) is 0 Å². The summed E-state index contributed by atoms with van der Waals surface area (Å²) in [7, 11) is 1.67. The number of aromatic nitrogens is 2. The summed E-state index contributed by atoms with van der Waals surface area (Å²) in [6.07, 6.45) is -0.299. The zero-order chi connectivity index (χ0) is 19.5. The second-order valence-electron chi connectivity index (χ2n) is 7.23. The average Bonchev–Trinajstić information content (AvgIpc) is 3.12. The summed E-state index contributed by atoms with van der Waals surface area (Å²) in [6, 6.07) is 10.4. The molecule has 28 heavy (non-hydrogen) atoms. The Kier molecular flexibility index (Phi) is 5.87. The molecule has 1 N–H and O–H groups in total. The summed E-state index contributed by atoms with van der Waals surface area (Å²) in [4.78, 5) is 15.3. The number of hydrogen-bond acceptors (Lipinski definition) is 7. The highest BCUT2D eigenvalue weighted by Gasteiger charge is 2.24. The van der Waals surface area contributed by atoms with E-state index >= 15 is 0 Å². The summed E-state index contributed by atoms with van der Waals surface area (Å²) in [6.45, 7) is 6.57. The zero-order valence-corrected chi connectivity index (χ0v) is 17.2. The van der Waals surface area contributed by atoms with Crippen molar-refractivity contribution in [1.29, 1.82) is 0 Å². The number of ether oxygens (including phenoxy) is 1. The molecule has 148 valence electrons. The van der Waals surface area contributed by atoms with Crippen molar-refractivity contribution in [1.82, 2.24) is 14.9 Å². The Morgan fingerprint density at radius 2 is 1.89 bits per heavy atom. The molecule has 0 amide bonds. The van der Waals surface area contributed by atoms with Crippen molar-refractivity contribution in [2.24, 2.45) is 0 Å². The number of fused-ring (bicyclic) bond motifs is 1. The number of nitrogens with zero attached hydrogens (tertiary/aromatic N) is 4. The van der Waals surface area contributed by atoms with Gasteiger partial charge < -0.3 is 14.7 Å². The van der Waals surface area contributed by atoms with Gasteiger partial charge in [0, 0.05) is 50.8 Å². The molecule has 0 bridgehead atoms. The maximum atomic E-state index is 9.67. The van der Waals surface area contributed by atoms with Crippen LogP contribution in [0.25, 0.3) is 21.3 Å². The molecule has 6 nitrogen and oxygen atoms in total. The molecule has 1 saturated heterocycles. The maximum Gasteiger partial charge on any atom is 0.158 e. The van der Waals surface area contributed by atoms with Gasteiger partial charge in [-0.25, -0.2) is 9.97 Å². The van der Waals surface area contributed by atoms with E-state index in [9.17, 15) is 5.11 Å². The number of β-amino-alcohol motifs (C(OH)–C–C–N with tert-alkyl or cyclic N) is 1. The van der Waals surface area contributed by atoms with Gasteiger partial charge in [0.1, 0.15) is 17.3 Å². The van der Waals surface area contributed by atoms with Crippen LogP contribution in [-0.4, -0.2) is 65.9 Å². The van der Waals surface area contributed by atoms with Gasteiger partial charge in [0.05, 0.1) is 11.5 Å². The molecular formula is C21H26N4O2S. The predicted octanol–water partition coefficient (Wildman–Crippen LogP) is 3.01. The Labute approximate surface area is 169 Å². The highest BCUT2D eigenvalue weighted by Crippen LogP contribution is 2.38. The number of rotatable bonds is 6. The number of methoxy groups -OCH3 is 1. The summed E-state index contributed by atoms with van der Waals surface area (Å²) in [5.74, 6) is 1.71. The van der Waals surface area contributed by atoms with Gasteiger partial charge in [-0.3, -0.25) is 4.90 Å². The lowest BCUT2D eigenvalue weighted by Crippen LogP contribution is -2.48. The van der Waals surface area contributed by atoms with E-state index in [0.29, 0.717) is 6.61 Å². The van der Waals surface area contributed by atoms with E-state index in [1.807, 2.05) is 13.0 Å². The lowest BCUT2D eigenvalue weighted by molar-refractivity contribution is 0.122. The van der Waals surface area contributed by atoms with E-state index in [4.69, 9.17) is 14.7 Å². The molecule has 0 spiro atoms. The molecule has 1 atom stereocenters. The number of anilines is 1. The van der Waals surface area contributed by atoms with Gasteiger partial charge in [-0.2, -0.15) is 0 Å². The van der Waals surface area contributed by atoms with Gasteiger partial charge >= 0.3 is 0 Å². The summed E-state index contributed by atoms with van der Waals surface area (Å²) >= 11 is 1.66. The second-order valence-corrected chi connectivity index (χ2v) is 8.09. The fourth-order valence-electron chi connectivity index (χ4n) is 3.73. The first-order valence-electron chi connectivity index (χ1n) is 9.63. The van der Waals surface area contributed by atoms with E-state index in [-0.39, 0.29) is 6.10 Å². The SMILES string of the molecule is COCc1nc(N2CCN(C[C@@H](C)O)CC2)c2c(-c3ccccc3)csc2n1. The van der Waals surface area contributed by atoms with E-state index in [1.54, 1.807) is 18.4 Å². The van der Waals surface area contributed by atoms with Crippen molar-refractivity contribution in [2.45, 2.75) is 19.6 Å². The molecule has 0 unspecified atom stereocenters. The quantitative estimate of drug-likeness (QED) is 0.689. The zero-order valence-electron chi connectivity index (χ0n) is 16.3. The number of piperazine rings is 1. The molecule has 0 aliphatic carbocycles. The molecule has 1 aliphatic heterocycles. The van der Waals surface area contributed by atoms with Gasteiger partial charge in [0.15, 0.2) is 5.82 Å². The van der Waals surface area contributed by atoms with E-state index in [1.165, 1.54) is 11.1 Å². The number of thiophene rings is 1. The van der Waals surface area contributed by atoms with Crippen LogP contribution in [0.1, 0.15) is 12.7 Å². The highest BCUT2D eigenvalue weighted by molar-refractivity contribution is 7.17. The lowest BCUT2D eigenvalue weighted by Gasteiger charge is -2.36. The van der Waals surface area contributed by atoms with Crippen LogP contribution in [0.2, 0.25) is 0 Å². The third kappa shape index (κ3) is 4.03. The van der Waals surface area contributed by atoms with Crippen LogP contribution in [0.15, 0.2) is 35.7 Å². The van der Waals surface area contributed by atoms with Crippen molar-refractivity contribution in [3.05, 3.63) is 41.5 Å². The molecule has 0 saturated carbocycles. The normalized spacial score (nSPS) is 16.6. The van der Waals surface area contributed by atoms with Crippen LogP contribution in [-0.2, 0) is 11.3 Å². The Balaban J connectivity index is 1.72. The van der Waals surface area contributed by atoms with Gasteiger partial charge in [0.2, 0.25) is 0 Å². The van der Waals surface area contributed by atoms with Crippen molar-refractivity contribution in [3.63, 3.8) is 0 Å². The highest BCUT2D eigenvalue weighted by atomic mass is 32.1. The lowest BCUT2D eigenvalue weighted by atomic mass is 10.1. The topological polar surface area (TPSA) is 61.7 Å². The van der Waals surface area contributed by atoms with Crippen LogP contribution < -0.4 is 4.90 Å². The molecular weight excluding hydrogens is 372 g/mol. The summed E-state index contributed by atoms with van der Waals surface area (Å²) in [5.41, 5.74) is 2.37. The van der Waals surface area contributed by atoms with Gasteiger partial charge in [-0.1, -0.05) is 30.3 Å². The largest absolute Gasteiger partial charge is 0.392 e. The fourth-order valence-corrected chi connectivity index (χ4v) is 4.70. The van der Waals surface area contributed by atoms with Crippen molar-refractivity contribution in [2.75, 3.05) is 44.7 Å².